The van der Waals surface area contributed by atoms with E-state index in [9.17, 15) is 4.79 Å². The van der Waals surface area contributed by atoms with Crippen LogP contribution >= 0.6 is 0 Å². The van der Waals surface area contributed by atoms with Crippen LogP contribution in [0.2, 0.25) is 0 Å². The topological polar surface area (TPSA) is 59.0 Å². The molecule has 2 heterocycles. The molecule has 1 aliphatic heterocycles. The molecule has 3 aromatic rings. The molecule has 2 aliphatic rings. The van der Waals surface area contributed by atoms with Crippen LogP contribution in [0.5, 0.6) is 0 Å². The molecule has 1 saturated heterocycles. The molecule has 148 valence electrons. The molecule has 0 radical (unpaired) electrons. The van der Waals surface area contributed by atoms with Crippen molar-refractivity contribution in [1.29, 1.82) is 0 Å². The highest BCUT2D eigenvalue weighted by molar-refractivity contribution is 5.82. The lowest BCUT2D eigenvalue weighted by Crippen LogP contribution is -2.33. The summed E-state index contributed by atoms with van der Waals surface area (Å²) in [5, 5.41) is 11.4. The molecule has 2 fully saturated rings. The van der Waals surface area contributed by atoms with Gasteiger partial charge in [-0.2, -0.15) is 5.10 Å². The molecule has 5 heteroatoms. The number of hydrogen-bond acceptors (Lipinski definition) is 3. The second kappa shape index (κ2) is 7.48. The van der Waals surface area contributed by atoms with Crippen molar-refractivity contribution in [2.24, 2.45) is 11.3 Å². The van der Waals surface area contributed by atoms with Gasteiger partial charge in [0.2, 0.25) is 5.91 Å². The van der Waals surface area contributed by atoms with Crippen LogP contribution in [0.25, 0.3) is 16.9 Å². The minimum absolute atomic E-state index is 0.175. The number of nitrogens with one attached hydrogen (secondary N) is 2. The Morgan fingerprint density at radius 3 is 2.48 bits per heavy atom. The van der Waals surface area contributed by atoms with Crippen LogP contribution in [0, 0.1) is 11.3 Å². The van der Waals surface area contributed by atoms with E-state index in [2.05, 4.69) is 22.8 Å². The fraction of sp³-hybridized carbons (Fsp3) is 0.333. The van der Waals surface area contributed by atoms with Gasteiger partial charge in [0.15, 0.2) is 0 Å². The van der Waals surface area contributed by atoms with Gasteiger partial charge >= 0.3 is 0 Å². The molecular weight excluding hydrogens is 360 g/mol. The Morgan fingerprint density at radius 1 is 1.07 bits per heavy atom. The van der Waals surface area contributed by atoms with E-state index in [1.807, 2.05) is 59.4 Å². The van der Waals surface area contributed by atoms with Crippen molar-refractivity contribution in [3.8, 4) is 16.9 Å². The van der Waals surface area contributed by atoms with E-state index in [1.165, 1.54) is 0 Å². The molecule has 1 aliphatic carbocycles. The third-order valence-electron chi connectivity index (χ3n) is 6.42. The minimum atomic E-state index is 0.175. The number of piperidine rings is 1. The zero-order valence-electron chi connectivity index (χ0n) is 16.5. The number of carbonyl (C=O) groups is 1. The van der Waals surface area contributed by atoms with Crippen molar-refractivity contribution in [3.63, 3.8) is 0 Å². The summed E-state index contributed by atoms with van der Waals surface area (Å²) in [5.41, 5.74) is 4.28. The molecule has 1 aromatic heterocycles. The quantitative estimate of drug-likeness (QED) is 0.705. The van der Waals surface area contributed by atoms with Crippen molar-refractivity contribution in [3.05, 3.63) is 72.4 Å². The Bertz CT molecular complexity index is 990. The molecule has 1 spiro atoms. The van der Waals surface area contributed by atoms with Crippen LogP contribution in [-0.2, 0) is 11.3 Å². The SMILES string of the molecule is O=C(NCc1cn(-c2ccccc2)nc1-c1ccccc1)C1CC12CCNCC2. The normalized spacial score (nSPS) is 19.8. The van der Waals surface area contributed by atoms with E-state index < -0.39 is 0 Å². The molecule has 0 bridgehead atoms. The first-order chi connectivity index (χ1) is 14.3. The maximum absolute atomic E-state index is 12.8. The maximum atomic E-state index is 12.8. The molecule has 5 rings (SSSR count). The molecule has 2 aromatic carbocycles. The Labute approximate surface area is 171 Å². The Balaban J connectivity index is 1.36. The van der Waals surface area contributed by atoms with Gasteiger partial charge in [0, 0.05) is 29.8 Å². The molecule has 1 amide bonds. The van der Waals surface area contributed by atoms with E-state index in [0.717, 1.165) is 54.9 Å². The highest BCUT2D eigenvalue weighted by Gasteiger charge is 2.57. The van der Waals surface area contributed by atoms with E-state index in [1.54, 1.807) is 0 Å². The van der Waals surface area contributed by atoms with Gasteiger partial charge < -0.3 is 10.6 Å². The van der Waals surface area contributed by atoms with Gasteiger partial charge in [-0.25, -0.2) is 4.68 Å². The van der Waals surface area contributed by atoms with Crippen molar-refractivity contribution in [1.82, 2.24) is 20.4 Å². The van der Waals surface area contributed by atoms with Crippen LogP contribution in [0.3, 0.4) is 0 Å². The lowest BCUT2D eigenvalue weighted by molar-refractivity contribution is -0.123. The van der Waals surface area contributed by atoms with Gasteiger partial charge in [0.25, 0.3) is 0 Å². The number of benzene rings is 2. The fourth-order valence-corrected chi connectivity index (χ4v) is 4.59. The van der Waals surface area contributed by atoms with Crippen LogP contribution < -0.4 is 10.6 Å². The van der Waals surface area contributed by atoms with Crippen LogP contribution in [0.1, 0.15) is 24.8 Å². The summed E-state index contributed by atoms with van der Waals surface area (Å²) in [6, 6.07) is 20.3. The maximum Gasteiger partial charge on any atom is 0.223 e. The summed E-state index contributed by atoms with van der Waals surface area (Å²) in [5.74, 6) is 0.368. The largest absolute Gasteiger partial charge is 0.352 e. The van der Waals surface area contributed by atoms with E-state index >= 15 is 0 Å². The number of carbonyl (C=O) groups excluding carboxylic acids is 1. The average molecular weight is 386 g/mol. The summed E-state index contributed by atoms with van der Waals surface area (Å²) >= 11 is 0. The molecule has 5 nitrogen and oxygen atoms in total. The van der Waals surface area contributed by atoms with Crippen molar-refractivity contribution < 1.29 is 4.79 Å². The summed E-state index contributed by atoms with van der Waals surface area (Å²) in [6.45, 7) is 2.57. The zero-order valence-corrected chi connectivity index (χ0v) is 16.5. The number of nitrogens with zero attached hydrogens (tertiary/aromatic N) is 2. The lowest BCUT2D eigenvalue weighted by Gasteiger charge is -2.23. The average Bonchev–Trinajstić information content (AvgIpc) is 3.29. The first kappa shape index (κ1) is 18.1. The number of aromatic nitrogens is 2. The molecule has 29 heavy (non-hydrogen) atoms. The van der Waals surface area contributed by atoms with Crippen LogP contribution in [0.15, 0.2) is 66.9 Å². The fourth-order valence-electron chi connectivity index (χ4n) is 4.59. The van der Waals surface area contributed by atoms with Crippen molar-refractivity contribution in [2.45, 2.75) is 25.8 Å². The smallest absolute Gasteiger partial charge is 0.223 e. The Morgan fingerprint density at radius 2 is 1.76 bits per heavy atom. The summed E-state index contributed by atoms with van der Waals surface area (Å²) in [6.07, 6.45) is 5.30. The second-order valence-corrected chi connectivity index (χ2v) is 8.24. The summed E-state index contributed by atoms with van der Waals surface area (Å²) < 4.78 is 1.90. The third kappa shape index (κ3) is 3.58. The standard InChI is InChI=1S/C24H26N4O/c29-23(21-15-24(21)11-13-25-14-12-24)26-16-19-17-28(20-9-5-2-6-10-20)27-22(19)18-7-3-1-4-8-18/h1-10,17,21,25H,11-16H2,(H,26,29). The highest BCUT2D eigenvalue weighted by atomic mass is 16.2. The van der Waals surface area contributed by atoms with Crippen molar-refractivity contribution in [2.75, 3.05) is 13.1 Å². The molecule has 2 N–H and O–H groups in total. The summed E-state index contributed by atoms with van der Waals surface area (Å²) in [7, 11) is 0. The molecular formula is C24H26N4O. The predicted molar refractivity (Wildman–Crippen MR) is 113 cm³/mol. The van der Waals surface area contributed by atoms with Crippen LogP contribution in [0.4, 0.5) is 0 Å². The Hall–Kier alpha value is -2.92. The Kier molecular flexibility index (Phi) is 4.68. The molecule has 1 atom stereocenters. The van der Waals surface area contributed by atoms with E-state index in [4.69, 9.17) is 5.10 Å². The summed E-state index contributed by atoms with van der Waals surface area (Å²) in [4.78, 5) is 12.8. The first-order valence-corrected chi connectivity index (χ1v) is 10.4. The number of hydrogen-bond donors (Lipinski definition) is 2. The third-order valence-corrected chi connectivity index (χ3v) is 6.42. The van der Waals surface area contributed by atoms with Gasteiger partial charge in [0.05, 0.1) is 11.4 Å². The van der Waals surface area contributed by atoms with Gasteiger partial charge in [-0.15, -0.1) is 0 Å². The van der Waals surface area contributed by atoms with E-state index in [-0.39, 0.29) is 17.2 Å². The number of para-hydroxylation sites is 1. The van der Waals surface area contributed by atoms with Crippen LogP contribution in [-0.4, -0.2) is 28.8 Å². The lowest BCUT2D eigenvalue weighted by atomic mass is 9.92. The van der Waals surface area contributed by atoms with Gasteiger partial charge in [-0.1, -0.05) is 48.5 Å². The minimum Gasteiger partial charge on any atom is -0.352 e. The first-order valence-electron chi connectivity index (χ1n) is 10.4. The number of amides is 1. The molecule has 1 unspecified atom stereocenters. The van der Waals surface area contributed by atoms with E-state index in [0.29, 0.717) is 6.54 Å². The number of rotatable bonds is 5. The van der Waals surface area contributed by atoms with Crippen molar-refractivity contribution >= 4 is 5.91 Å². The van der Waals surface area contributed by atoms with Gasteiger partial charge in [-0.05, 0) is 49.9 Å². The second-order valence-electron chi connectivity index (χ2n) is 8.24. The molecule has 1 saturated carbocycles. The monoisotopic (exact) mass is 386 g/mol. The highest BCUT2D eigenvalue weighted by Crippen LogP contribution is 2.58. The van der Waals surface area contributed by atoms with Gasteiger partial charge in [-0.3, -0.25) is 4.79 Å². The zero-order chi connectivity index (χ0) is 19.7. The predicted octanol–water partition coefficient (Wildman–Crippen LogP) is 3.55. The van der Waals surface area contributed by atoms with Gasteiger partial charge in [0.1, 0.15) is 0 Å².